The fourth-order valence-corrected chi connectivity index (χ4v) is 3.55. The van der Waals surface area contributed by atoms with E-state index in [0.29, 0.717) is 10.6 Å². The van der Waals surface area contributed by atoms with Gasteiger partial charge in [-0.2, -0.15) is 0 Å². The second-order valence-corrected chi connectivity index (χ2v) is 7.56. The van der Waals surface area contributed by atoms with Gasteiger partial charge in [0.2, 0.25) is 0 Å². The first-order valence-electron chi connectivity index (χ1n) is 8.63. The van der Waals surface area contributed by atoms with Crippen molar-refractivity contribution in [1.82, 2.24) is 5.32 Å². The lowest BCUT2D eigenvalue weighted by Gasteiger charge is -2.13. The molecule has 30 heavy (non-hydrogen) atoms. The molecule has 0 aliphatic carbocycles. The minimum Gasteiger partial charge on any atom is -0.588 e. The summed E-state index contributed by atoms with van der Waals surface area (Å²) in [5, 5.41) is 16.3. The number of hydrogen-bond acceptors (Lipinski definition) is 6. The molecule has 1 unspecified atom stereocenters. The molecule has 0 saturated heterocycles. The van der Waals surface area contributed by atoms with E-state index in [2.05, 4.69) is 15.4 Å². The number of benzene rings is 3. The van der Waals surface area contributed by atoms with E-state index >= 15 is 0 Å². The van der Waals surface area contributed by atoms with Gasteiger partial charge in [0.05, 0.1) is 10.6 Å². The topological polar surface area (TPSA) is 119 Å². The van der Waals surface area contributed by atoms with Crippen LogP contribution in [0, 0.1) is 10.1 Å². The van der Waals surface area contributed by atoms with Gasteiger partial charge in [0.15, 0.2) is 10.0 Å². The molecule has 0 fully saturated rings. The van der Waals surface area contributed by atoms with Gasteiger partial charge in [-0.05, 0) is 54.7 Å². The molecular weight excluding hydrogens is 424 g/mol. The molecule has 0 bridgehead atoms. The van der Waals surface area contributed by atoms with Crippen LogP contribution in [0.4, 0.5) is 17.1 Å². The largest absolute Gasteiger partial charge is 0.588 e. The molecule has 0 aromatic heterocycles. The minimum absolute atomic E-state index is 0.0190. The third-order valence-electron chi connectivity index (χ3n) is 3.88. The fraction of sp³-hybridized carbons (Fsp3) is 0. The van der Waals surface area contributed by atoms with Crippen molar-refractivity contribution in [3.05, 3.63) is 94.5 Å². The van der Waals surface area contributed by atoms with Crippen LogP contribution >= 0.6 is 12.2 Å². The standard InChI is InChI=1S/C20H16N4O4S2/c25-19(17-8-4-5-9-18(17)24(26)27)22-20(29)21-14-10-12-16(13-11-14)30(28)23-15-6-2-1-3-7-15/h1-13,23H,(H2,21,22,25,29). The van der Waals surface area contributed by atoms with Crippen molar-refractivity contribution >= 4 is 51.7 Å². The van der Waals surface area contributed by atoms with Crippen molar-refractivity contribution in [2.45, 2.75) is 4.90 Å². The summed E-state index contributed by atoms with van der Waals surface area (Å²) in [5.41, 5.74) is 0.889. The fourth-order valence-electron chi connectivity index (χ4n) is 2.49. The number of nitrogens with zero attached hydrogens (tertiary/aromatic N) is 1. The normalized spacial score (nSPS) is 11.2. The molecule has 3 aromatic rings. The lowest BCUT2D eigenvalue weighted by molar-refractivity contribution is -0.385. The predicted octanol–water partition coefficient (Wildman–Crippen LogP) is 3.86. The number of thiocarbonyl (C=S) groups is 1. The van der Waals surface area contributed by atoms with E-state index in [-0.39, 0.29) is 16.4 Å². The highest BCUT2D eigenvalue weighted by Gasteiger charge is 2.20. The Kier molecular flexibility index (Phi) is 6.96. The van der Waals surface area contributed by atoms with Gasteiger partial charge in [-0.25, -0.2) is 4.72 Å². The number of hydrogen-bond donors (Lipinski definition) is 3. The van der Waals surface area contributed by atoms with Crippen LogP contribution in [0.2, 0.25) is 0 Å². The zero-order valence-electron chi connectivity index (χ0n) is 15.4. The number of amides is 1. The Morgan fingerprint density at radius 1 is 0.900 bits per heavy atom. The van der Waals surface area contributed by atoms with Gasteiger partial charge in [0.1, 0.15) is 16.9 Å². The predicted molar refractivity (Wildman–Crippen MR) is 120 cm³/mol. The third kappa shape index (κ3) is 5.54. The molecule has 0 spiro atoms. The van der Waals surface area contributed by atoms with Crippen LogP contribution in [-0.2, 0) is 11.4 Å². The van der Waals surface area contributed by atoms with Crippen molar-refractivity contribution in [1.29, 1.82) is 0 Å². The zero-order chi connectivity index (χ0) is 21.5. The van der Waals surface area contributed by atoms with Crippen LogP contribution < -0.4 is 15.4 Å². The quantitative estimate of drug-likeness (QED) is 0.230. The maximum absolute atomic E-state index is 12.4. The van der Waals surface area contributed by atoms with Crippen molar-refractivity contribution in [2.24, 2.45) is 0 Å². The molecule has 0 aliphatic rings. The summed E-state index contributed by atoms with van der Waals surface area (Å²) in [6.07, 6.45) is 0. The van der Waals surface area contributed by atoms with Crippen LogP contribution in [0.3, 0.4) is 0 Å². The number of carbonyl (C=O) groups excluding carboxylic acids is 1. The Bertz CT molecular complexity index is 1060. The van der Waals surface area contributed by atoms with Crippen LogP contribution in [0.15, 0.2) is 83.8 Å². The van der Waals surface area contributed by atoms with E-state index in [1.807, 2.05) is 30.3 Å². The Morgan fingerprint density at radius 2 is 1.53 bits per heavy atom. The first-order chi connectivity index (χ1) is 14.4. The molecular formula is C20H16N4O4S2. The molecule has 0 saturated carbocycles. The second kappa shape index (κ2) is 9.83. The van der Waals surface area contributed by atoms with E-state index in [1.165, 1.54) is 24.3 Å². The number of nitro groups is 1. The summed E-state index contributed by atoms with van der Waals surface area (Å²) in [4.78, 5) is 23.3. The third-order valence-corrected chi connectivity index (χ3v) is 5.21. The Labute approximate surface area is 180 Å². The molecule has 0 aliphatic heterocycles. The van der Waals surface area contributed by atoms with Crippen molar-refractivity contribution in [2.75, 3.05) is 10.0 Å². The van der Waals surface area contributed by atoms with Crippen LogP contribution in [0.5, 0.6) is 0 Å². The molecule has 0 heterocycles. The average Bonchev–Trinajstić information content (AvgIpc) is 2.74. The summed E-state index contributed by atoms with van der Waals surface area (Å²) in [6.45, 7) is 0. The highest BCUT2D eigenvalue weighted by atomic mass is 32.2. The van der Waals surface area contributed by atoms with E-state index in [4.69, 9.17) is 12.2 Å². The number of nitrogens with one attached hydrogen (secondary N) is 3. The second-order valence-electron chi connectivity index (χ2n) is 5.94. The van der Waals surface area contributed by atoms with Crippen molar-refractivity contribution in [3.8, 4) is 0 Å². The number of nitro benzene ring substituents is 1. The average molecular weight is 441 g/mol. The highest BCUT2D eigenvalue weighted by molar-refractivity contribution is 7.92. The van der Waals surface area contributed by atoms with E-state index in [9.17, 15) is 19.5 Å². The van der Waals surface area contributed by atoms with Crippen molar-refractivity contribution < 1.29 is 14.3 Å². The molecule has 10 heteroatoms. The molecule has 3 aromatic carbocycles. The number of para-hydroxylation sites is 2. The van der Waals surface area contributed by atoms with Gasteiger partial charge >= 0.3 is 0 Å². The molecule has 3 rings (SSSR count). The molecule has 8 nitrogen and oxygen atoms in total. The van der Waals surface area contributed by atoms with Gasteiger partial charge in [-0.3, -0.25) is 20.2 Å². The summed E-state index contributed by atoms with van der Waals surface area (Å²) in [5.74, 6) is -0.690. The van der Waals surface area contributed by atoms with Gasteiger partial charge in [0, 0.05) is 11.8 Å². The van der Waals surface area contributed by atoms with Gasteiger partial charge < -0.3 is 9.87 Å². The summed E-state index contributed by atoms with van der Waals surface area (Å²) in [6, 6.07) is 21.4. The number of carbonyl (C=O) groups is 1. The maximum Gasteiger partial charge on any atom is 0.282 e. The van der Waals surface area contributed by atoms with Gasteiger partial charge in [-0.15, -0.1) is 0 Å². The molecule has 3 N–H and O–H groups in total. The van der Waals surface area contributed by atoms with Crippen molar-refractivity contribution in [3.63, 3.8) is 0 Å². The monoisotopic (exact) mass is 440 g/mol. The summed E-state index contributed by atoms with van der Waals surface area (Å²) < 4.78 is 15.3. The molecule has 1 atom stereocenters. The van der Waals surface area contributed by atoms with Gasteiger partial charge in [-0.1, -0.05) is 30.3 Å². The van der Waals surface area contributed by atoms with E-state index in [1.54, 1.807) is 24.3 Å². The van der Waals surface area contributed by atoms with E-state index in [0.717, 1.165) is 5.69 Å². The first-order valence-corrected chi connectivity index (χ1v) is 10.2. The minimum atomic E-state index is -1.44. The first kappa shape index (κ1) is 21.2. The molecule has 0 radical (unpaired) electrons. The van der Waals surface area contributed by atoms with E-state index < -0.39 is 22.2 Å². The van der Waals surface area contributed by atoms with Crippen LogP contribution in [0.25, 0.3) is 0 Å². The Hall–Kier alpha value is -3.47. The smallest absolute Gasteiger partial charge is 0.282 e. The summed E-state index contributed by atoms with van der Waals surface area (Å²) >= 11 is 3.67. The molecule has 1 amide bonds. The highest BCUT2D eigenvalue weighted by Crippen LogP contribution is 2.19. The zero-order valence-corrected chi connectivity index (χ0v) is 17.0. The Balaban J connectivity index is 1.59. The SMILES string of the molecule is O=C(NC(=S)Nc1ccc([S+]([O-])Nc2ccccc2)cc1)c1ccccc1[N+](=O)[O-]. The Morgan fingerprint density at radius 3 is 2.20 bits per heavy atom. The summed E-state index contributed by atoms with van der Waals surface area (Å²) in [7, 11) is 0. The lowest BCUT2D eigenvalue weighted by atomic mass is 10.1. The molecule has 152 valence electrons. The number of rotatable bonds is 6. The number of anilines is 2. The van der Waals surface area contributed by atoms with Gasteiger partial charge in [0.25, 0.3) is 11.6 Å². The lowest BCUT2D eigenvalue weighted by Crippen LogP contribution is -2.34. The maximum atomic E-state index is 12.4. The van der Waals surface area contributed by atoms with Crippen LogP contribution in [-0.4, -0.2) is 20.5 Å². The van der Waals surface area contributed by atoms with Crippen LogP contribution in [0.1, 0.15) is 10.4 Å².